The molecule has 1 N–H and O–H groups in total. The number of benzene rings is 1. The molecule has 0 aliphatic carbocycles. The second kappa shape index (κ2) is 9.49. The number of hydrogen-bond donors (Lipinski definition) is 1. The number of hydrogen-bond acceptors (Lipinski definition) is 3. The summed E-state index contributed by atoms with van der Waals surface area (Å²) in [5.74, 6) is 0.0804. The Kier molecular flexibility index (Phi) is 7.34. The number of pyridine rings is 1. The average Bonchev–Trinajstić information content (AvgIpc) is 3.10. The summed E-state index contributed by atoms with van der Waals surface area (Å²) < 4.78 is 13.9. The smallest absolute Gasteiger partial charge is 0.227 e. The highest BCUT2D eigenvalue weighted by Gasteiger charge is 2.22. The third-order valence-corrected chi connectivity index (χ3v) is 4.39. The normalized spacial score (nSPS) is 16.3. The lowest BCUT2D eigenvalue weighted by molar-refractivity contribution is -0.131. The van der Waals surface area contributed by atoms with Gasteiger partial charge in [0.15, 0.2) is 0 Å². The number of aromatic nitrogens is 1. The summed E-state index contributed by atoms with van der Waals surface area (Å²) in [6.45, 7) is 3.12. The van der Waals surface area contributed by atoms with Crippen molar-refractivity contribution in [3.63, 3.8) is 0 Å². The van der Waals surface area contributed by atoms with Crippen LogP contribution in [0.2, 0.25) is 0 Å². The monoisotopic (exact) mass is 363 g/mol. The fourth-order valence-corrected chi connectivity index (χ4v) is 3.07. The van der Waals surface area contributed by atoms with Crippen LogP contribution in [0.3, 0.4) is 0 Å². The predicted octanol–water partition coefficient (Wildman–Crippen LogP) is 2.82. The number of carbonyl (C=O) groups excluding carboxylic acids is 1. The third kappa shape index (κ3) is 5.51. The summed E-state index contributed by atoms with van der Waals surface area (Å²) in [6, 6.07) is 10.3. The van der Waals surface area contributed by atoms with Gasteiger partial charge in [0.25, 0.3) is 0 Å². The van der Waals surface area contributed by atoms with Crippen molar-refractivity contribution in [1.82, 2.24) is 15.2 Å². The molecule has 1 saturated heterocycles. The summed E-state index contributed by atoms with van der Waals surface area (Å²) >= 11 is 0. The van der Waals surface area contributed by atoms with Gasteiger partial charge in [0.1, 0.15) is 5.82 Å². The van der Waals surface area contributed by atoms with Crippen molar-refractivity contribution in [3.05, 3.63) is 65.7 Å². The maximum Gasteiger partial charge on any atom is 0.227 e. The van der Waals surface area contributed by atoms with E-state index in [0.29, 0.717) is 24.6 Å². The molecule has 1 atom stereocenters. The quantitative estimate of drug-likeness (QED) is 0.858. The summed E-state index contributed by atoms with van der Waals surface area (Å²) in [6.07, 6.45) is 4.65. The Morgan fingerprint density at radius 1 is 1.28 bits per heavy atom. The van der Waals surface area contributed by atoms with E-state index in [9.17, 15) is 9.18 Å². The lowest BCUT2D eigenvalue weighted by Gasteiger charge is -2.26. The highest BCUT2D eigenvalue weighted by atomic mass is 35.5. The van der Waals surface area contributed by atoms with E-state index in [1.165, 1.54) is 6.07 Å². The maximum atomic E-state index is 13.9. The van der Waals surface area contributed by atoms with E-state index in [1.807, 2.05) is 17.0 Å². The number of nitrogens with one attached hydrogen (secondary N) is 1. The molecular formula is C19H23ClFN3O. The van der Waals surface area contributed by atoms with Crippen molar-refractivity contribution in [2.45, 2.75) is 19.4 Å². The molecule has 2 aromatic rings. The van der Waals surface area contributed by atoms with Crippen LogP contribution in [0.25, 0.3) is 0 Å². The summed E-state index contributed by atoms with van der Waals surface area (Å²) in [7, 11) is 0. The fraction of sp³-hybridized carbons (Fsp3) is 0.368. The summed E-state index contributed by atoms with van der Waals surface area (Å²) in [5.41, 5.74) is 1.44. The van der Waals surface area contributed by atoms with Gasteiger partial charge in [-0.05, 0) is 48.7 Å². The minimum absolute atomic E-state index is 0. The van der Waals surface area contributed by atoms with Gasteiger partial charge >= 0.3 is 0 Å². The Morgan fingerprint density at radius 3 is 2.80 bits per heavy atom. The molecule has 0 bridgehead atoms. The van der Waals surface area contributed by atoms with Crippen LogP contribution >= 0.6 is 12.4 Å². The Morgan fingerprint density at radius 2 is 2.12 bits per heavy atom. The molecule has 25 heavy (non-hydrogen) atoms. The maximum absolute atomic E-state index is 13.9. The number of carbonyl (C=O) groups is 1. The summed E-state index contributed by atoms with van der Waals surface area (Å²) in [4.78, 5) is 18.7. The molecule has 2 heterocycles. The molecule has 4 nitrogen and oxygen atoms in total. The molecule has 0 spiro atoms. The van der Waals surface area contributed by atoms with Crippen molar-refractivity contribution >= 4 is 18.3 Å². The van der Waals surface area contributed by atoms with E-state index in [1.54, 1.807) is 30.6 Å². The second-order valence-corrected chi connectivity index (χ2v) is 6.26. The molecule has 0 radical (unpaired) electrons. The zero-order valence-electron chi connectivity index (χ0n) is 14.0. The molecular weight excluding hydrogens is 341 g/mol. The van der Waals surface area contributed by atoms with Gasteiger partial charge in [-0.1, -0.05) is 24.3 Å². The van der Waals surface area contributed by atoms with Crippen molar-refractivity contribution in [1.29, 1.82) is 0 Å². The molecule has 6 heteroatoms. The van der Waals surface area contributed by atoms with Crippen molar-refractivity contribution in [2.75, 3.05) is 19.6 Å². The van der Waals surface area contributed by atoms with E-state index in [2.05, 4.69) is 10.3 Å². The van der Waals surface area contributed by atoms with Gasteiger partial charge in [0.2, 0.25) is 5.91 Å². The van der Waals surface area contributed by atoms with E-state index >= 15 is 0 Å². The molecule has 1 fully saturated rings. The van der Waals surface area contributed by atoms with Crippen molar-refractivity contribution < 1.29 is 9.18 Å². The van der Waals surface area contributed by atoms with Crippen LogP contribution in [0, 0.1) is 11.7 Å². The molecule has 1 aliphatic rings. The van der Waals surface area contributed by atoms with E-state index in [0.717, 1.165) is 25.1 Å². The first-order valence-corrected chi connectivity index (χ1v) is 8.33. The first-order chi connectivity index (χ1) is 11.7. The lowest BCUT2D eigenvalue weighted by Crippen LogP contribution is -2.36. The largest absolute Gasteiger partial charge is 0.338 e. The van der Waals surface area contributed by atoms with Crippen LogP contribution in [-0.2, 0) is 17.8 Å². The first-order valence-electron chi connectivity index (χ1n) is 8.33. The van der Waals surface area contributed by atoms with Gasteiger partial charge < -0.3 is 10.2 Å². The molecule has 1 amide bonds. The molecule has 3 rings (SSSR count). The number of halogens is 2. The van der Waals surface area contributed by atoms with E-state index in [-0.39, 0.29) is 30.6 Å². The highest BCUT2D eigenvalue weighted by Crippen LogP contribution is 2.15. The van der Waals surface area contributed by atoms with Gasteiger partial charge in [-0.3, -0.25) is 9.78 Å². The Balaban J connectivity index is 0.00000225. The Bertz CT molecular complexity index is 677. The van der Waals surface area contributed by atoms with Crippen LogP contribution in [0.1, 0.15) is 17.5 Å². The van der Waals surface area contributed by atoms with E-state index < -0.39 is 0 Å². The zero-order valence-corrected chi connectivity index (χ0v) is 14.8. The van der Waals surface area contributed by atoms with Gasteiger partial charge in [-0.2, -0.15) is 0 Å². The molecule has 134 valence electrons. The Hall–Kier alpha value is -1.98. The van der Waals surface area contributed by atoms with Crippen LogP contribution in [0.4, 0.5) is 4.39 Å². The number of rotatable bonds is 6. The standard InChI is InChI=1S/C19H22FN3O.ClH/c20-18-6-2-1-5-17(18)10-19(24)23(14-16-7-9-22-12-16)13-15-4-3-8-21-11-15;/h1-6,8,11,16,22H,7,9-10,12-14H2;1H. The van der Waals surface area contributed by atoms with Gasteiger partial charge in [0, 0.05) is 25.5 Å². The van der Waals surface area contributed by atoms with E-state index in [4.69, 9.17) is 0 Å². The Labute approximate surface area is 153 Å². The zero-order chi connectivity index (χ0) is 16.8. The predicted molar refractivity (Wildman–Crippen MR) is 98.0 cm³/mol. The average molecular weight is 364 g/mol. The van der Waals surface area contributed by atoms with Crippen molar-refractivity contribution in [2.24, 2.45) is 5.92 Å². The molecule has 1 aromatic heterocycles. The van der Waals surface area contributed by atoms with Gasteiger partial charge in [0.05, 0.1) is 6.42 Å². The molecule has 1 aliphatic heterocycles. The molecule has 0 saturated carbocycles. The topological polar surface area (TPSA) is 45.2 Å². The van der Waals surface area contributed by atoms with Crippen LogP contribution in [0.15, 0.2) is 48.8 Å². The first kappa shape index (κ1) is 19.3. The van der Waals surface area contributed by atoms with Crippen LogP contribution < -0.4 is 5.32 Å². The summed E-state index contributed by atoms with van der Waals surface area (Å²) in [5, 5.41) is 3.33. The van der Waals surface area contributed by atoms with Crippen LogP contribution in [0.5, 0.6) is 0 Å². The highest BCUT2D eigenvalue weighted by molar-refractivity contribution is 5.85. The fourth-order valence-electron chi connectivity index (χ4n) is 3.07. The molecule has 1 unspecified atom stereocenters. The molecule has 1 aromatic carbocycles. The minimum atomic E-state index is -0.324. The third-order valence-electron chi connectivity index (χ3n) is 4.39. The van der Waals surface area contributed by atoms with Gasteiger partial charge in [-0.25, -0.2) is 4.39 Å². The van der Waals surface area contributed by atoms with Gasteiger partial charge in [-0.15, -0.1) is 12.4 Å². The van der Waals surface area contributed by atoms with Crippen molar-refractivity contribution in [3.8, 4) is 0 Å². The minimum Gasteiger partial charge on any atom is -0.338 e. The number of amides is 1. The number of nitrogens with zero attached hydrogens (tertiary/aromatic N) is 2. The van der Waals surface area contributed by atoms with Crippen LogP contribution in [-0.4, -0.2) is 35.4 Å². The SMILES string of the molecule is Cl.O=C(Cc1ccccc1F)N(Cc1cccnc1)CC1CCNC1. The lowest BCUT2D eigenvalue weighted by atomic mass is 10.1. The second-order valence-electron chi connectivity index (χ2n) is 6.26.